The Morgan fingerprint density at radius 2 is 1.90 bits per heavy atom. The molecule has 3 rings (SSSR count). The van der Waals surface area contributed by atoms with Crippen molar-refractivity contribution in [2.24, 2.45) is 0 Å². The molecule has 0 bridgehead atoms. The maximum absolute atomic E-state index is 12.6. The molecule has 2 aromatic carbocycles. The number of hydrogen-bond acceptors (Lipinski definition) is 4. The molecule has 4 nitrogen and oxygen atoms in total. The Balaban J connectivity index is 1.72. The third-order valence-electron chi connectivity index (χ3n) is 4.68. The molecule has 156 valence electrons. The van der Waals surface area contributed by atoms with Crippen LogP contribution in [0.1, 0.15) is 49.2 Å². The molecule has 0 radical (unpaired) electrons. The fourth-order valence-electron chi connectivity index (χ4n) is 3.01. The minimum absolute atomic E-state index is 0.0705. The largest absolute Gasteiger partial charge is 0.493 e. The first-order valence-electron chi connectivity index (χ1n) is 9.96. The van der Waals surface area contributed by atoms with E-state index in [-0.39, 0.29) is 11.4 Å². The quantitative estimate of drug-likeness (QED) is 0.317. The fourth-order valence-corrected chi connectivity index (χ4v) is 3.01. The standard InChI is InChI=1S/C26H28O4/c1-18(2)13-15-29-24-10-7-19(16-25(24)28-5)6-9-22(27)20-8-11-23-21(17-20)12-14-26(3,4)30-23/h6-14,16-17H,15H2,1-5H3/b9-6+. The second kappa shape index (κ2) is 9.04. The van der Waals surface area contributed by atoms with E-state index in [1.807, 2.05) is 76.3 Å². The lowest BCUT2D eigenvalue weighted by Crippen LogP contribution is -2.27. The lowest BCUT2D eigenvalue weighted by atomic mass is 9.99. The first kappa shape index (κ1) is 21.4. The summed E-state index contributed by atoms with van der Waals surface area (Å²) in [4.78, 5) is 12.6. The van der Waals surface area contributed by atoms with Gasteiger partial charge in [0, 0.05) is 11.1 Å². The summed E-state index contributed by atoms with van der Waals surface area (Å²) < 4.78 is 17.1. The highest BCUT2D eigenvalue weighted by molar-refractivity contribution is 6.07. The van der Waals surface area contributed by atoms with Crippen molar-refractivity contribution in [3.63, 3.8) is 0 Å². The van der Waals surface area contributed by atoms with Crippen LogP contribution in [-0.4, -0.2) is 25.1 Å². The molecule has 1 aliphatic rings. The summed E-state index contributed by atoms with van der Waals surface area (Å²) in [6, 6.07) is 11.1. The van der Waals surface area contributed by atoms with E-state index in [1.165, 1.54) is 5.57 Å². The van der Waals surface area contributed by atoms with Crippen molar-refractivity contribution in [3.8, 4) is 17.2 Å². The van der Waals surface area contributed by atoms with Gasteiger partial charge in [-0.15, -0.1) is 0 Å². The van der Waals surface area contributed by atoms with E-state index in [1.54, 1.807) is 25.3 Å². The van der Waals surface area contributed by atoms with Gasteiger partial charge < -0.3 is 14.2 Å². The van der Waals surface area contributed by atoms with Gasteiger partial charge in [-0.05, 0) is 81.8 Å². The summed E-state index contributed by atoms with van der Waals surface area (Å²) >= 11 is 0. The molecule has 2 aromatic rings. The zero-order valence-corrected chi connectivity index (χ0v) is 18.2. The van der Waals surface area contributed by atoms with Crippen molar-refractivity contribution < 1.29 is 19.0 Å². The number of carbonyl (C=O) groups is 1. The van der Waals surface area contributed by atoms with Gasteiger partial charge in [0.05, 0.1) is 7.11 Å². The highest BCUT2D eigenvalue weighted by atomic mass is 16.5. The van der Waals surface area contributed by atoms with Gasteiger partial charge in [0.1, 0.15) is 18.0 Å². The first-order valence-corrected chi connectivity index (χ1v) is 9.96. The highest BCUT2D eigenvalue weighted by Crippen LogP contribution is 2.32. The Hall–Kier alpha value is -3.27. The maximum Gasteiger partial charge on any atom is 0.185 e. The van der Waals surface area contributed by atoms with Gasteiger partial charge in [-0.1, -0.05) is 23.8 Å². The number of ether oxygens (including phenoxy) is 3. The Morgan fingerprint density at radius 1 is 1.10 bits per heavy atom. The number of rotatable bonds is 7. The lowest BCUT2D eigenvalue weighted by molar-refractivity contribution is 0.104. The van der Waals surface area contributed by atoms with Crippen LogP contribution in [0.3, 0.4) is 0 Å². The Kier molecular flexibility index (Phi) is 6.46. The molecule has 0 atom stereocenters. The van der Waals surface area contributed by atoms with E-state index in [4.69, 9.17) is 14.2 Å². The molecule has 1 heterocycles. The van der Waals surface area contributed by atoms with Crippen LogP contribution in [0.15, 0.2) is 60.2 Å². The van der Waals surface area contributed by atoms with Crippen LogP contribution in [0, 0.1) is 0 Å². The van der Waals surface area contributed by atoms with E-state index in [0.29, 0.717) is 23.7 Å². The molecule has 0 aromatic heterocycles. The molecular formula is C26H28O4. The third kappa shape index (κ3) is 5.41. The molecule has 0 saturated carbocycles. The first-order chi connectivity index (χ1) is 14.3. The van der Waals surface area contributed by atoms with Crippen molar-refractivity contribution in [1.82, 2.24) is 0 Å². The van der Waals surface area contributed by atoms with E-state index < -0.39 is 0 Å². The number of fused-ring (bicyclic) bond motifs is 1. The second-order valence-electron chi connectivity index (χ2n) is 7.99. The Morgan fingerprint density at radius 3 is 2.63 bits per heavy atom. The minimum atomic E-state index is -0.334. The van der Waals surface area contributed by atoms with Crippen molar-refractivity contribution in [2.45, 2.75) is 33.3 Å². The van der Waals surface area contributed by atoms with E-state index in [9.17, 15) is 4.79 Å². The number of hydrogen-bond donors (Lipinski definition) is 0. The maximum atomic E-state index is 12.6. The van der Waals surface area contributed by atoms with Crippen LogP contribution >= 0.6 is 0 Å². The minimum Gasteiger partial charge on any atom is -0.493 e. The number of ketones is 1. The number of benzene rings is 2. The zero-order valence-electron chi connectivity index (χ0n) is 18.2. The number of carbonyl (C=O) groups excluding carboxylic acids is 1. The van der Waals surface area contributed by atoms with Crippen LogP contribution in [0.4, 0.5) is 0 Å². The smallest absolute Gasteiger partial charge is 0.185 e. The average Bonchev–Trinajstić information content (AvgIpc) is 2.71. The van der Waals surface area contributed by atoms with Gasteiger partial charge in [0.25, 0.3) is 0 Å². The predicted octanol–water partition coefficient (Wildman–Crippen LogP) is 6.12. The molecule has 0 N–H and O–H groups in total. The van der Waals surface area contributed by atoms with Gasteiger partial charge >= 0.3 is 0 Å². The third-order valence-corrected chi connectivity index (χ3v) is 4.68. The van der Waals surface area contributed by atoms with Gasteiger partial charge in [-0.2, -0.15) is 0 Å². The van der Waals surface area contributed by atoms with Crippen molar-refractivity contribution in [3.05, 3.63) is 76.9 Å². The van der Waals surface area contributed by atoms with Gasteiger partial charge in [0.2, 0.25) is 0 Å². The molecule has 1 aliphatic heterocycles. The normalized spacial score (nSPS) is 14.0. The highest BCUT2D eigenvalue weighted by Gasteiger charge is 2.21. The lowest BCUT2D eigenvalue weighted by Gasteiger charge is -2.27. The summed E-state index contributed by atoms with van der Waals surface area (Å²) in [5.74, 6) is 2.02. The average molecular weight is 405 g/mol. The summed E-state index contributed by atoms with van der Waals surface area (Å²) in [6.45, 7) is 8.54. The molecule has 0 aliphatic carbocycles. The molecule has 0 spiro atoms. The molecule has 4 heteroatoms. The molecule has 0 fully saturated rings. The monoisotopic (exact) mass is 404 g/mol. The van der Waals surface area contributed by atoms with E-state index >= 15 is 0 Å². The molecule has 0 unspecified atom stereocenters. The molecule has 0 saturated heterocycles. The van der Waals surface area contributed by atoms with Crippen LogP contribution in [-0.2, 0) is 0 Å². The number of allylic oxidation sites excluding steroid dienone is 2. The van der Waals surface area contributed by atoms with Crippen LogP contribution in [0.25, 0.3) is 12.2 Å². The summed E-state index contributed by atoms with van der Waals surface area (Å²) in [6.07, 6.45) is 9.34. The van der Waals surface area contributed by atoms with E-state index in [2.05, 4.69) is 0 Å². The number of methoxy groups -OCH3 is 1. The van der Waals surface area contributed by atoms with Crippen molar-refractivity contribution >= 4 is 17.9 Å². The van der Waals surface area contributed by atoms with Crippen LogP contribution in [0.2, 0.25) is 0 Å². The van der Waals surface area contributed by atoms with Crippen molar-refractivity contribution in [2.75, 3.05) is 13.7 Å². The predicted molar refractivity (Wildman–Crippen MR) is 121 cm³/mol. The molecular weight excluding hydrogens is 376 g/mol. The summed E-state index contributed by atoms with van der Waals surface area (Å²) in [5, 5.41) is 0. The topological polar surface area (TPSA) is 44.8 Å². The molecule has 0 amide bonds. The second-order valence-corrected chi connectivity index (χ2v) is 7.99. The summed E-state index contributed by atoms with van der Waals surface area (Å²) in [7, 11) is 1.60. The van der Waals surface area contributed by atoms with Gasteiger partial charge in [0.15, 0.2) is 17.3 Å². The summed E-state index contributed by atoms with van der Waals surface area (Å²) in [5.41, 5.74) is 3.25. The Bertz CT molecular complexity index is 1020. The van der Waals surface area contributed by atoms with Gasteiger partial charge in [-0.25, -0.2) is 0 Å². The molecule has 30 heavy (non-hydrogen) atoms. The van der Waals surface area contributed by atoms with Gasteiger partial charge in [-0.3, -0.25) is 4.79 Å². The van der Waals surface area contributed by atoms with Crippen molar-refractivity contribution in [1.29, 1.82) is 0 Å². The Labute approximate surface area is 178 Å². The van der Waals surface area contributed by atoms with Crippen LogP contribution < -0.4 is 14.2 Å². The zero-order chi connectivity index (χ0) is 21.7. The van der Waals surface area contributed by atoms with Crippen LogP contribution in [0.5, 0.6) is 17.2 Å². The van der Waals surface area contributed by atoms with E-state index in [0.717, 1.165) is 16.9 Å². The fraction of sp³-hybridized carbons (Fsp3) is 0.269. The SMILES string of the molecule is COc1cc(/C=C/C(=O)c2ccc3c(c2)C=CC(C)(C)O3)ccc1OCC=C(C)C.